The van der Waals surface area contributed by atoms with Crippen LogP contribution in [0.1, 0.15) is 25.7 Å². The first-order valence-corrected chi connectivity index (χ1v) is 9.29. The van der Waals surface area contributed by atoms with Gasteiger partial charge in [-0.25, -0.2) is 4.98 Å². The molecule has 1 aromatic heterocycles. The Labute approximate surface area is 159 Å². The van der Waals surface area contributed by atoms with E-state index in [-0.39, 0.29) is 17.6 Å². The molecule has 0 saturated heterocycles. The van der Waals surface area contributed by atoms with Crippen LogP contribution < -0.4 is 15.5 Å². The second kappa shape index (κ2) is 10.1. The van der Waals surface area contributed by atoms with Gasteiger partial charge in [-0.15, -0.1) is 0 Å². The Morgan fingerprint density at radius 2 is 2.07 bits per heavy atom. The van der Waals surface area contributed by atoms with Crippen molar-refractivity contribution in [2.24, 2.45) is 11.8 Å². The van der Waals surface area contributed by atoms with E-state index < -0.39 is 4.92 Å². The van der Waals surface area contributed by atoms with E-state index in [9.17, 15) is 14.9 Å². The highest BCUT2D eigenvalue weighted by Crippen LogP contribution is 2.31. The van der Waals surface area contributed by atoms with Gasteiger partial charge in [0.25, 0.3) is 0 Å². The molecule has 1 aromatic rings. The Balaban J connectivity index is 1.99. The van der Waals surface area contributed by atoms with Gasteiger partial charge in [0, 0.05) is 32.7 Å². The number of anilines is 2. The molecular weight excluding hydrogens is 350 g/mol. The fraction of sp³-hybridized carbons (Fsp3) is 0.667. The number of nitrogens with zero attached hydrogens (tertiary/aromatic N) is 3. The zero-order valence-corrected chi connectivity index (χ0v) is 16.2. The lowest BCUT2D eigenvalue weighted by Gasteiger charge is -2.27. The molecule has 1 heterocycles. The summed E-state index contributed by atoms with van der Waals surface area (Å²) in [5.41, 5.74) is -0.0241. The minimum atomic E-state index is -0.416. The van der Waals surface area contributed by atoms with Crippen molar-refractivity contribution in [1.29, 1.82) is 0 Å². The number of carbonyl (C=O) groups excluding carboxylic acids is 1. The van der Waals surface area contributed by atoms with Crippen LogP contribution in [0.25, 0.3) is 0 Å². The molecule has 0 amide bonds. The quantitative estimate of drug-likeness (QED) is 0.381. The first-order valence-electron chi connectivity index (χ1n) is 9.29. The Kier molecular flexibility index (Phi) is 7.78. The lowest BCUT2D eigenvalue weighted by molar-refractivity contribution is -0.384. The van der Waals surface area contributed by atoms with Gasteiger partial charge < -0.3 is 20.3 Å². The molecule has 0 radical (unpaired) electrons. The van der Waals surface area contributed by atoms with Crippen LogP contribution in [-0.4, -0.2) is 56.7 Å². The van der Waals surface area contributed by atoms with Gasteiger partial charge in [0.05, 0.1) is 18.0 Å². The highest BCUT2D eigenvalue weighted by Gasteiger charge is 2.27. The van der Waals surface area contributed by atoms with Crippen LogP contribution in [0.15, 0.2) is 12.1 Å². The number of nitrogens with one attached hydrogen (secondary N) is 2. The second-order valence-corrected chi connectivity index (χ2v) is 6.94. The van der Waals surface area contributed by atoms with Crippen molar-refractivity contribution >= 4 is 23.3 Å². The van der Waals surface area contributed by atoms with Crippen molar-refractivity contribution in [3.63, 3.8) is 0 Å². The fourth-order valence-electron chi connectivity index (χ4n) is 3.34. The summed E-state index contributed by atoms with van der Waals surface area (Å²) in [4.78, 5) is 28.9. The molecule has 27 heavy (non-hydrogen) atoms. The maximum Gasteiger partial charge on any atom is 0.311 e. The van der Waals surface area contributed by atoms with Crippen molar-refractivity contribution in [1.82, 2.24) is 10.3 Å². The standard InChI is InChI=1S/C18H29N5O4/c1-19-10-11-22(2)16-9-8-15(23(25)26)17(21-16)20-12-13-4-6-14(7-5-13)18(24)27-3/h8-9,13-14,19H,4-7,10-12H2,1-3H3,(H,20,21). The molecule has 9 heteroatoms. The number of carbonyl (C=O) groups is 1. The number of methoxy groups -OCH3 is 1. The number of nitro groups is 1. The number of likely N-dealkylation sites (N-methyl/N-ethyl adjacent to an activating group) is 2. The summed E-state index contributed by atoms with van der Waals surface area (Å²) in [6.45, 7) is 2.14. The number of hydrogen-bond donors (Lipinski definition) is 2. The number of esters is 1. The van der Waals surface area contributed by atoms with E-state index in [1.165, 1.54) is 13.2 Å². The monoisotopic (exact) mass is 379 g/mol. The maximum absolute atomic E-state index is 11.6. The molecule has 1 aliphatic rings. The largest absolute Gasteiger partial charge is 0.469 e. The van der Waals surface area contributed by atoms with Crippen LogP contribution in [-0.2, 0) is 9.53 Å². The molecule has 9 nitrogen and oxygen atoms in total. The normalized spacial score (nSPS) is 19.4. The predicted octanol–water partition coefficient (Wildman–Crippen LogP) is 2.04. The molecule has 0 bridgehead atoms. The number of pyridine rings is 1. The van der Waals surface area contributed by atoms with Crippen molar-refractivity contribution in [2.75, 3.05) is 51.1 Å². The first-order chi connectivity index (χ1) is 13.0. The molecule has 0 spiro atoms. The number of aromatic nitrogens is 1. The number of ether oxygens (including phenoxy) is 1. The first kappa shape index (κ1) is 20.9. The average molecular weight is 379 g/mol. The maximum atomic E-state index is 11.6. The minimum absolute atomic E-state index is 0.0241. The lowest BCUT2D eigenvalue weighted by Crippen LogP contribution is -2.28. The summed E-state index contributed by atoms with van der Waals surface area (Å²) in [5.74, 6) is 1.17. The van der Waals surface area contributed by atoms with Gasteiger partial charge in [0.2, 0.25) is 5.82 Å². The summed E-state index contributed by atoms with van der Waals surface area (Å²) in [6.07, 6.45) is 3.37. The summed E-state index contributed by atoms with van der Waals surface area (Å²) in [6, 6.07) is 3.16. The van der Waals surface area contributed by atoms with E-state index in [1.54, 1.807) is 6.07 Å². The van der Waals surface area contributed by atoms with Crippen LogP contribution in [0.4, 0.5) is 17.3 Å². The Morgan fingerprint density at radius 1 is 1.37 bits per heavy atom. The molecule has 2 rings (SSSR count). The van der Waals surface area contributed by atoms with Gasteiger partial charge in [-0.2, -0.15) is 0 Å². The lowest BCUT2D eigenvalue weighted by atomic mass is 9.82. The van der Waals surface area contributed by atoms with Gasteiger partial charge in [-0.05, 0) is 44.7 Å². The summed E-state index contributed by atoms with van der Waals surface area (Å²) in [5, 5.41) is 17.6. The summed E-state index contributed by atoms with van der Waals surface area (Å²) in [7, 11) is 5.20. The van der Waals surface area contributed by atoms with Gasteiger partial charge in [-0.3, -0.25) is 14.9 Å². The zero-order valence-electron chi connectivity index (χ0n) is 16.2. The third-order valence-corrected chi connectivity index (χ3v) is 5.08. The summed E-state index contributed by atoms with van der Waals surface area (Å²) < 4.78 is 4.81. The van der Waals surface area contributed by atoms with Crippen LogP contribution in [0.5, 0.6) is 0 Å². The van der Waals surface area contributed by atoms with Gasteiger partial charge >= 0.3 is 11.7 Å². The molecule has 0 atom stereocenters. The minimum Gasteiger partial charge on any atom is -0.469 e. The number of rotatable bonds is 9. The molecule has 0 aliphatic heterocycles. The molecule has 1 saturated carbocycles. The highest BCUT2D eigenvalue weighted by atomic mass is 16.6. The molecular formula is C18H29N5O4. The topological polar surface area (TPSA) is 110 Å². The van der Waals surface area contributed by atoms with Crippen LogP contribution >= 0.6 is 0 Å². The van der Waals surface area contributed by atoms with Crippen LogP contribution in [0.3, 0.4) is 0 Å². The molecule has 0 aromatic carbocycles. The van der Waals surface area contributed by atoms with E-state index in [0.29, 0.717) is 24.1 Å². The molecule has 0 unspecified atom stereocenters. The predicted molar refractivity (Wildman–Crippen MR) is 104 cm³/mol. The SMILES string of the molecule is CNCCN(C)c1ccc([N+](=O)[O-])c(NCC2CCC(C(=O)OC)CC2)n1. The number of hydrogen-bond acceptors (Lipinski definition) is 8. The Bertz CT molecular complexity index is 647. The van der Waals surface area contributed by atoms with Gasteiger partial charge in [-0.1, -0.05) is 0 Å². The van der Waals surface area contributed by atoms with Crippen LogP contribution in [0.2, 0.25) is 0 Å². The van der Waals surface area contributed by atoms with E-state index >= 15 is 0 Å². The third kappa shape index (κ3) is 5.78. The summed E-state index contributed by atoms with van der Waals surface area (Å²) >= 11 is 0. The van der Waals surface area contributed by atoms with E-state index in [1.807, 2.05) is 19.0 Å². The second-order valence-electron chi connectivity index (χ2n) is 6.94. The molecule has 2 N–H and O–H groups in total. The highest BCUT2D eigenvalue weighted by molar-refractivity contribution is 5.72. The van der Waals surface area contributed by atoms with Crippen LogP contribution in [0, 0.1) is 22.0 Å². The smallest absolute Gasteiger partial charge is 0.311 e. The molecule has 1 fully saturated rings. The van der Waals surface area contributed by atoms with Crippen molar-refractivity contribution in [3.05, 3.63) is 22.2 Å². The van der Waals surface area contributed by atoms with Gasteiger partial charge in [0.15, 0.2) is 0 Å². The zero-order chi connectivity index (χ0) is 19.8. The molecule has 150 valence electrons. The van der Waals surface area contributed by atoms with E-state index in [2.05, 4.69) is 15.6 Å². The van der Waals surface area contributed by atoms with Gasteiger partial charge in [0.1, 0.15) is 5.82 Å². The van der Waals surface area contributed by atoms with E-state index in [4.69, 9.17) is 4.74 Å². The van der Waals surface area contributed by atoms with Crippen molar-refractivity contribution in [2.45, 2.75) is 25.7 Å². The average Bonchev–Trinajstić information content (AvgIpc) is 2.69. The van der Waals surface area contributed by atoms with E-state index in [0.717, 1.165) is 38.8 Å². The third-order valence-electron chi connectivity index (χ3n) is 5.08. The van der Waals surface area contributed by atoms with Crippen molar-refractivity contribution < 1.29 is 14.5 Å². The fourth-order valence-corrected chi connectivity index (χ4v) is 3.34. The molecule has 1 aliphatic carbocycles. The Morgan fingerprint density at radius 3 is 2.67 bits per heavy atom. The van der Waals surface area contributed by atoms with Crippen molar-refractivity contribution in [3.8, 4) is 0 Å². The Hall–Kier alpha value is -2.42.